The normalized spacial score (nSPS) is 21.1. The van der Waals surface area contributed by atoms with Crippen LogP contribution in [0.3, 0.4) is 0 Å². The highest BCUT2D eigenvalue weighted by molar-refractivity contribution is 5.69. The molecule has 1 aliphatic heterocycles. The molecular formula is C18H28N4O3. The van der Waals surface area contributed by atoms with E-state index < -0.39 is 5.60 Å². The van der Waals surface area contributed by atoms with Gasteiger partial charge in [-0.2, -0.15) is 0 Å². The summed E-state index contributed by atoms with van der Waals surface area (Å²) in [5, 5.41) is 15.5. The van der Waals surface area contributed by atoms with Crippen LogP contribution in [0, 0.1) is 11.1 Å². The molecule has 1 saturated carbocycles. The number of piperidine rings is 1. The van der Waals surface area contributed by atoms with Crippen molar-refractivity contribution in [2.45, 2.75) is 58.1 Å². The molecule has 0 radical (unpaired) electrons. The number of hydrogen-bond acceptors (Lipinski definition) is 5. The summed E-state index contributed by atoms with van der Waals surface area (Å²) < 4.78 is 5.64. The van der Waals surface area contributed by atoms with Crippen molar-refractivity contribution >= 4 is 11.9 Å². The second-order valence-corrected chi connectivity index (χ2v) is 8.09. The number of hydrogen-bond donors (Lipinski definition) is 0. The first-order valence-electron chi connectivity index (χ1n) is 9.13. The largest absolute Gasteiger partial charge is 0.594 e. The Bertz CT molecular complexity index is 613. The number of ether oxygens (including phenoxy) is 1. The van der Waals surface area contributed by atoms with Gasteiger partial charge in [0, 0.05) is 30.8 Å². The van der Waals surface area contributed by atoms with Crippen molar-refractivity contribution in [3.8, 4) is 0 Å². The SMILES string of the molecule is CC(C)(C)OC(=O)N(CC1CC1)[C@@H]1CCCN(c2ccc[n+]([O-])n2)C1. The lowest BCUT2D eigenvalue weighted by Crippen LogP contribution is -2.52. The summed E-state index contributed by atoms with van der Waals surface area (Å²) in [7, 11) is 0. The van der Waals surface area contributed by atoms with Gasteiger partial charge in [-0.25, -0.2) is 4.79 Å². The summed E-state index contributed by atoms with van der Waals surface area (Å²) in [6, 6.07) is 3.64. The Morgan fingerprint density at radius 2 is 2.20 bits per heavy atom. The Morgan fingerprint density at radius 1 is 1.44 bits per heavy atom. The summed E-state index contributed by atoms with van der Waals surface area (Å²) in [6.07, 6.45) is 5.44. The molecule has 7 nitrogen and oxygen atoms in total. The Hall–Kier alpha value is -2.05. The van der Waals surface area contributed by atoms with Crippen molar-refractivity contribution in [3.63, 3.8) is 0 Å². The Kier molecular flexibility index (Phi) is 5.01. The van der Waals surface area contributed by atoms with Crippen molar-refractivity contribution in [1.82, 2.24) is 10.00 Å². The summed E-state index contributed by atoms with van der Waals surface area (Å²) >= 11 is 0. The lowest BCUT2D eigenvalue weighted by Gasteiger charge is -2.40. The molecule has 0 bridgehead atoms. The predicted molar refractivity (Wildman–Crippen MR) is 94.1 cm³/mol. The molecule has 0 aromatic carbocycles. The minimum atomic E-state index is -0.498. The minimum absolute atomic E-state index is 0.0892. The smallest absolute Gasteiger partial charge is 0.410 e. The standard InChI is InChI=1S/C18H28N4O3/c1-18(2,3)25-17(23)21(12-14-8-9-14)15-6-4-10-20(13-15)16-7-5-11-22(24)19-16/h5,7,11,14-15H,4,6,8-10,12-13H2,1-3H3/t15-/m1/s1. The molecule has 0 spiro atoms. The van der Waals surface area contributed by atoms with E-state index in [0.717, 1.165) is 25.9 Å². The summed E-state index contributed by atoms with van der Waals surface area (Å²) in [4.78, 5) is 17.3. The highest BCUT2D eigenvalue weighted by Crippen LogP contribution is 2.32. The quantitative estimate of drug-likeness (QED) is 0.617. The fraction of sp³-hybridized carbons (Fsp3) is 0.722. The van der Waals surface area contributed by atoms with Crippen molar-refractivity contribution in [1.29, 1.82) is 0 Å². The van der Waals surface area contributed by atoms with Crippen molar-refractivity contribution in [2.24, 2.45) is 5.92 Å². The molecule has 1 amide bonds. The summed E-state index contributed by atoms with van der Waals surface area (Å²) in [6.45, 7) is 7.98. The van der Waals surface area contributed by atoms with Crippen molar-refractivity contribution in [3.05, 3.63) is 23.5 Å². The van der Waals surface area contributed by atoms with Gasteiger partial charge in [-0.15, -0.1) is 0 Å². The molecule has 2 fully saturated rings. The zero-order chi connectivity index (χ0) is 18.0. The van der Waals surface area contributed by atoms with Gasteiger partial charge >= 0.3 is 6.09 Å². The predicted octanol–water partition coefficient (Wildman–Crippen LogP) is 2.33. The zero-order valence-electron chi connectivity index (χ0n) is 15.4. The number of amides is 1. The molecule has 25 heavy (non-hydrogen) atoms. The number of rotatable bonds is 4. The zero-order valence-corrected chi connectivity index (χ0v) is 15.4. The van der Waals surface area contributed by atoms with E-state index in [9.17, 15) is 10.0 Å². The Morgan fingerprint density at radius 3 is 2.84 bits per heavy atom. The maximum absolute atomic E-state index is 12.7. The van der Waals surface area contributed by atoms with E-state index in [1.54, 1.807) is 6.07 Å². The van der Waals surface area contributed by atoms with E-state index in [2.05, 4.69) is 10.00 Å². The minimum Gasteiger partial charge on any atom is -0.594 e. The van der Waals surface area contributed by atoms with E-state index in [0.29, 0.717) is 23.1 Å². The maximum atomic E-state index is 12.7. The second kappa shape index (κ2) is 7.06. The molecule has 2 aliphatic rings. The van der Waals surface area contributed by atoms with Gasteiger partial charge in [-0.1, -0.05) is 4.85 Å². The molecule has 0 unspecified atom stereocenters. The topological polar surface area (TPSA) is 72.6 Å². The van der Waals surface area contributed by atoms with Crippen LogP contribution in [-0.2, 0) is 4.74 Å². The monoisotopic (exact) mass is 348 g/mol. The molecule has 1 aromatic heterocycles. The third-order valence-corrected chi connectivity index (χ3v) is 4.60. The maximum Gasteiger partial charge on any atom is 0.410 e. The molecule has 1 aliphatic carbocycles. The van der Waals surface area contributed by atoms with Crippen LogP contribution in [-0.4, -0.2) is 47.4 Å². The van der Waals surface area contributed by atoms with Crippen LogP contribution in [0.25, 0.3) is 0 Å². The number of carbonyl (C=O) groups excluding carboxylic acids is 1. The third kappa shape index (κ3) is 4.96. The van der Waals surface area contributed by atoms with Crippen LogP contribution in [0.1, 0.15) is 46.5 Å². The van der Waals surface area contributed by atoms with Crippen LogP contribution in [0.2, 0.25) is 0 Å². The molecule has 1 aromatic rings. The highest BCUT2D eigenvalue weighted by Gasteiger charge is 2.36. The van der Waals surface area contributed by atoms with Crippen LogP contribution in [0.15, 0.2) is 18.3 Å². The molecular weight excluding hydrogens is 320 g/mol. The average Bonchev–Trinajstić information content (AvgIpc) is 3.35. The van der Waals surface area contributed by atoms with E-state index >= 15 is 0 Å². The third-order valence-electron chi connectivity index (χ3n) is 4.60. The van der Waals surface area contributed by atoms with Crippen LogP contribution in [0.5, 0.6) is 0 Å². The molecule has 138 valence electrons. The van der Waals surface area contributed by atoms with Gasteiger partial charge < -0.3 is 19.7 Å². The molecule has 1 saturated heterocycles. The first-order chi connectivity index (χ1) is 11.8. The summed E-state index contributed by atoms with van der Waals surface area (Å²) in [5.74, 6) is 1.26. The van der Waals surface area contributed by atoms with Crippen LogP contribution < -0.4 is 9.75 Å². The molecule has 7 heteroatoms. The van der Waals surface area contributed by atoms with Gasteiger partial charge in [0.15, 0.2) is 5.82 Å². The molecule has 3 rings (SSSR count). The van der Waals surface area contributed by atoms with Gasteiger partial charge in [0.05, 0.1) is 6.04 Å². The fourth-order valence-electron chi connectivity index (χ4n) is 3.23. The highest BCUT2D eigenvalue weighted by atomic mass is 16.6. The number of anilines is 1. The van der Waals surface area contributed by atoms with Crippen molar-refractivity contribution < 1.29 is 14.4 Å². The van der Waals surface area contributed by atoms with Gasteiger partial charge in [0.25, 0.3) is 0 Å². The Labute approximate surface area is 149 Å². The lowest BCUT2D eigenvalue weighted by atomic mass is 10.0. The van der Waals surface area contributed by atoms with Gasteiger partial charge in [-0.3, -0.25) is 0 Å². The van der Waals surface area contributed by atoms with Crippen LogP contribution in [0.4, 0.5) is 10.6 Å². The van der Waals surface area contributed by atoms with Gasteiger partial charge in [-0.05, 0) is 58.4 Å². The lowest BCUT2D eigenvalue weighted by molar-refractivity contribution is -0.668. The van der Waals surface area contributed by atoms with E-state index in [1.165, 1.54) is 19.0 Å². The van der Waals surface area contributed by atoms with Gasteiger partial charge in [0.2, 0.25) is 6.20 Å². The van der Waals surface area contributed by atoms with Crippen molar-refractivity contribution in [2.75, 3.05) is 24.5 Å². The molecule has 1 atom stereocenters. The second-order valence-electron chi connectivity index (χ2n) is 8.09. The molecule has 0 N–H and O–H groups in total. The van der Waals surface area contributed by atoms with E-state index in [-0.39, 0.29) is 12.1 Å². The number of carbonyl (C=O) groups is 1. The number of nitrogens with zero attached hydrogens (tertiary/aromatic N) is 4. The first kappa shape index (κ1) is 17.8. The average molecular weight is 348 g/mol. The molecule has 2 heterocycles. The van der Waals surface area contributed by atoms with E-state index in [4.69, 9.17) is 4.74 Å². The van der Waals surface area contributed by atoms with E-state index in [1.807, 2.05) is 31.7 Å². The fourth-order valence-corrected chi connectivity index (χ4v) is 3.23. The Balaban J connectivity index is 1.72. The first-order valence-corrected chi connectivity index (χ1v) is 9.13. The van der Waals surface area contributed by atoms with Gasteiger partial charge in [0.1, 0.15) is 5.60 Å². The van der Waals surface area contributed by atoms with Crippen LogP contribution >= 0.6 is 0 Å². The summed E-state index contributed by atoms with van der Waals surface area (Å²) in [5.41, 5.74) is -0.498. The number of aromatic nitrogens is 2.